The van der Waals surface area contributed by atoms with E-state index in [1.807, 2.05) is 5.38 Å². The number of anilines is 1. The van der Waals surface area contributed by atoms with E-state index in [-0.39, 0.29) is 11.0 Å². The number of pyridine rings is 1. The molecule has 1 aliphatic carbocycles. The number of thiazole rings is 1. The Bertz CT molecular complexity index is 685. The zero-order valence-electron chi connectivity index (χ0n) is 10.4. The van der Waals surface area contributed by atoms with Crippen molar-refractivity contribution < 1.29 is 4.79 Å². The lowest BCUT2D eigenvalue weighted by molar-refractivity contribution is 0.102. The number of aryl methyl sites for hydroxylation is 1. The number of carbonyl (C=O) groups excluding carboxylic acids is 1. The normalized spacial score (nSPS) is 14.4. The molecule has 1 aliphatic rings. The second kappa shape index (κ2) is 4.62. The van der Waals surface area contributed by atoms with Gasteiger partial charge in [-0.3, -0.25) is 14.9 Å². The molecule has 0 radical (unpaired) electrons. The lowest BCUT2D eigenvalue weighted by Crippen LogP contribution is -2.21. The Labute approximate surface area is 113 Å². The standard InChI is InChI=1S/C13H13N3O2S/c1-7-4-11(17)9(5-14-7)12(18)16-13-15-10(6-19-13)8-2-3-8/h4-6,8H,2-3H2,1H3,(H,14,17)(H,15,16,18). The van der Waals surface area contributed by atoms with Gasteiger partial charge in [-0.25, -0.2) is 4.98 Å². The minimum Gasteiger partial charge on any atom is -0.364 e. The second-order valence-corrected chi connectivity index (χ2v) is 5.56. The number of carbonyl (C=O) groups is 1. The van der Waals surface area contributed by atoms with Crippen molar-refractivity contribution in [2.75, 3.05) is 5.32 Å². The molecule has 2 aromatic rings. The van der Waals surface area contributed by atoms with Gasteiger partial charge in [-0.2, -0.15) is 0 Å². The van der Waals surface area contributed by atoms with Crippen LogP contribution in [-0.4, -0.2) is 15.9 Å². The molecule has 3 rings (SSSR count). The van der Waals surface area contributed by atoms with Gasteiger partial charge in [-0.15, -0.1) is 11.3 Å². The predicted molar refractivity (Wildman–Crippen MR) is 73.8 cm³/mol. The Kier molecular flexibility index (Phi) is 2.94. The maximum atomic E-state index is 12.0. The van der Waals surface area contributed by atoms with Gasteiger partial charge in [0.25, 0.3) is 5.91 Å². The summed E-state index contributed by atoms with van der Waals surface area (Å²) in [4.78, 5) is 30.9. The molecule has 6 heteroatoms. The van der Waals surface area contributed by atoms with Crippen LogP contribution >= 0.6 is 11.3 Å². The Morgan fingerprint density at radius 1 is 1.53 bits per heavy atom. The van der Waals surface area contributed by atoms with Crippen LogP contribution in [-0.2, 0) is 0 Å². The van der Waals surface area contributed by atoms with Gasteiger partial charge in [0.1, 0.15) is 5.56 Å². The largest absolute Gasteiger partial charge is 0.364 e. The monoisotopic (exact) mass is 275 g/mol. The molecule has 2 N–H and O–H groups in total. The van der Waals surface area contributed by atoms with Crippen molar-refractivity contribution in [3.8, 4) is 0 Å². The van der Waals surface area contributed by atoms with Crippen molar-refractivity contribution in [1.29, 1.82) is 0 Å². The molecule has 0 bridgehead atoms. The van der Waals surface area contributed by atoms with Crippen molar-refractivity contribution in [2.45, 2.75) is 25.7 Å². The molecule has 0 aliphatic heterocycles. The first-order valence-electron chi connectivity index (χ1n) is 6.09. The number of hydrogen-bond donors (Lipinski definition) is 2. The summed E-state index contributed by atoms with van der Waals surface area (Å²) in [6.45, 7) is 1.77. The molecule has 2 aromatic heterocycles. The SMILES string of the molecule is Cc1cc(=O)c(C(=O)Nc2nc(C3CC3)cs2)c[nH]1. The van der Waals surface area contributed by atoms with Gasteiger partial charge in [0.15, 0.2) is 10.6 Å². The van der Waals surface area contributed by atoms with Crippen molar-refractivity contribution in [2.24, 2.45) is 0 Å². The Balaban J connectivity index is 1.78. The minimum absolute atomic E-state index is 0.105. The van der Waals surface area contributed by atoms with Gasteiger partial charge in [-0.1, -0.05) is 0 Å². The number of rotatable bonds is 3. The maximum Gasteiger partial charge on any atom is 0.262 e. The third kappa shape index (κ3) is 2.58. The summed E-state index contributed by atoms with van der Waals surface area (Å²) in [6.07, 6.45) is 3.78. The lowest BCUT2D eigenvalue weighted by Gasteiger charge is -2.01. The van der Waals surface area contributed by atoms with E-state index in [4.69, 9.17) is 0 Å². The number of H-pyrrole nitrogens is 1. The molecule has 0 aromatic carbocycles. The number of aromatic amines is 1. The molecule has 0 saturated heterocycles. The summed E-state index contributed by atoms with van der Waals surface area (Å²) < 4.78 is 0. The molecule has 5 nitrogen and oxygen atoms in total. The smallest absolute Gasteiger partial charge is 0.262 e. The molecule has 0 atom stereocenters. The number of aromatic nitrogens is 2. The summed E-state index contributed by atoms with van der Waals surface area (Å²) in [5, 5.41) is 5.18. The van der Waals surface area contributed by atoms with E-state index in [9.17, 15) is 9.59 Å². The van der Waals surface area contributed by atoms with Gasteiger partial charge in [0, 0.05) is 29.3 Å². The fraction of sp³-hybridized carbons (Fsp3) is 0.308. The van der Waals surface area contributed by atoms with Crippen LogP contribution < -0.4 is 10.7 Å². The molecule has 1 fully saturated rings. The van der Waals surface area contributed by atoms with E-state index in [1.165, 1.54) is 36.4 Å². The molecule has 2 heterocycles. The van der Waals surface area contributed by atoms with E-state index in [2.05, 4.69) is 15.3 Å². The first-order chi connectivity index (χ1) is 9.13. The molecule has 19 heavy (non-hydrogen) atoms. The molecular weight excluding hydrogens is 262 g/mol. The van der Waals surface area contributed by atoms with Crippen LogP contribution in [0.15, 0.2) is 22.4 Å². The van der Waals surface area contributed by atoms with Crippen LogP contribution in [0.1, 0.15) is 40.5 Å². The van der Waals surface area contributed by atoms with E-state index < -0.39 is 5.91 Å². The average molecular weight is 275 g/mol. The third-order valence-electron chi connectivity index (χ3n) is 3.04. The van der Waals surface area contributed by atoms with Crippen LogP contribution in [0.4, 0.5) is 5.13 Å². The first-order valence-corrected chi connectivity index (χ1v) is 6.97. The van der Waals surface area contributed by atoms with Crippen molar-refractivity contribution in [3.63, 3.8) is 0 Å². The van der Waals surface area contributed by atoms with Crippen molar-refractivity contribution in [3.05, 3.63) is 44.8 Å². The van der Waals surface area contributed by atoms with Gasteiger partial charge < -0.3 is 4.98 Å². The van der Waals surface area contributed by atoms with Crippen LogP contribution in [0, 0.1) is 6.92 Å². The number of nitrogens with zero attached hydrogens (tertiary/aromatic N) is 1. The minimum atomic E-state index is -0.419. The molecule has 0 unspecified atom stereocenters. The van der Waals surface area contributed by atoms with Gasteiger partial charge in [0.05, 0.1) is 5.69 Å². The van der Waals surface area contributed by atoms with Crippen LogP contribution in [0.5, 0.6) is 0 Å². The van der Waals surface area contributed by atoms with E-state index in [0.29, 0.717) is 11.0 Å². The van der Waals surface area contributed by atoms with Crippen LogP contribution in [0.2, 0.25) is 0 Å². The fourth-order valence-corrected chi connectivity index (χ4v) is 2.61. The highest BCUT2D eigenvalue weighted by Gasteiger charge is 2.26. The zero-order valence-corrected chi connectivity index (χ0v) is 11.2. The Morgan fingerprint density at radius 2 is 2.32 bits per heavy atom. The Morgan fingerprint density at radius 3 is 3.00 bits per heavy atom. The summed E-state index contributed by atoms with van der Waals surface area (Å²) >= 11 is 1.39. The second-order valence-electron chi connectivity index (χ2n) is 4.70. The highest BCUT2D eigenvalue weighted by atomic mass is 32.1. The average Bonchev–Trinajstić information content (AvgIpc) is 3.10. The van der Waals surface area contributed by atoms with Gasteiger partial charge >= 0.3 is 0 Å². The first kappa shape index (κ1) is 12.1. The lowest BCUT2D eigenvalue weighted by atomic mass is 10.2. The highest BCUT2D eigenvalue weighted by molar-refractivity contribution is 7.14. The quantitative estimate of drug-likeness (QED) is 0.902. The topological polar surface area (TPSA) is 74.8 Å². The molecule has 98 valence electrons. The van der Waals surface area contributed by atoms with Crippen molar-refractivity contribution >= 4 is 22.4 Å². The van der Waals surface area contributed by atoms with Crippen LogP contribution in [0.25, 0.3) is 0 Å². The fourth-order valence-electron chi connectivity index (χ4n) is 1.83. The molecule has 0 spiro atoms. The number of amides is 1. The van der Waals surface area contributed by atoms with Gasteiger partial charge in [0.2, 0.25) is 0 Å². The van der Waals surface area contributed by atoms with E-state index >= 15 is 0 Å². The van der Waals surface area contributed by atoms with E-state index in [1.54, 1.807) is 6.92 Å². The summed E-state index contributed by atoms with van der Waals surface area (Å²) in [6, 6.07) is 1.41. The Hall–Kier alpha value is -1.95. The maximum absolute atomic E-state index is 12.0. The molecule has 1 saturated carbocycles. The summed E-state index contributed by atoms with van der Waals surface area (Å²) in [5.41, 5.74) is 1.59. The van der Waals surface area contributed by atoms with Gasteiger partial charge in [-0.05, 0) is 19.8 Å². The number of hydrogen-bond acceptors (Lipinski definition) is 4. The molecular formula is C13H13N3O2S. The molecule has 1 amide bonds. The predicted octanol–water partition coefficient (Wildman–Crippen LogP) is 2.27. The van der Waals surface area contributed by atoms with E-state index in [0.717, 1.165) is 11.4 Å². The number of nitrogens with one attached hydrogen (secondary N) is 2. The highest BCUT2D eigenvalue weighted by Crippen LogP contribution is 2.40. The summed E-state index contributed by atoms with van der Waals surface area (Å²) in [5.74, 6) is 0.141. The van der Waals surface area contributed by atoms with Crippen LogP contribution in [0.3, 0.4) is 0 Å². The third-order valence-corrected chi connectivity index (χ3v) is 3.82. The summed E-state index contributed by atoms with van der Waals surface area (Å²) in [7, 11) is 0. The zero-order chi connectivity index (χ0) is 13.4. The van der Waals surface area contributed by atoms with Crippen molar-refractivity contribution in [1.82, 2.24) is 9.97 Å².